The monoisotopic (exact) mass is 338 g/mol. The number of hydrogen-bond donors (Lipinski definition) is 3. The van der Waals surface area contributed by atoms with Gasteiger partial charge >= 0.3 is 0 Å². The highest BCUT2D eigenvalue weighted by Crippen LogP contribution is 2.40. The van der Waals surface area contributed by atoms with Crippen LogP contribution in [0, 0.1) is 0 Å². The lowest BCUT2D eigenvalue weighted by Gasteiger charge is -2.10. The van der Waals surface area contributed by atoms with Gasteiger partial charge in [-0.05, 0) is 37.9 Å². The molecular formula is C17H19BN4O3. The highest BCUT2D eigenvalue weighted by molar-refractivity contribution is 6.37. The Hall–Kier alpha value is -2.61. The summed E-state index contributed by atoms with van der Waals surface area (Å²) in [5, 5.41) is 9.22. The molecule has 25 heavy (non-hydrogen) atoms. The highest BCUT2D eigenvalue weighted by atomic mass is 16.5. The van der Waals surface area contributed by atoms with Crippen LogP contribution in [0.5, 0.6) is 0 Å². The molecule has 0 spiro atoms. The van der Waals surface area contributed by atoms with Crippen LogP contribution in [0.25, 0.3) is 0 Å². The van der Waals surface area contributed by atoms with E-state index >= 15 is 0 Å². The molecular weight excluding hydrogens is 319 g/mol. The first kappa shape index (κ1) is 17.2. The lowest BCUT2D eigenvalue weighted by Crippen LogP contribution is -2.27. The molecule has 0 saturated heterocycles. The number of nitrogens with one attached hydrogen (secondary N) is 2. The van der Waals surface area contributed by atoms with Crippen LogP contribution < -0.4 is 21.8 Å². The molecule has 7 nitrogen and oxygen atoms in total. The van der Waals surface area contributed by atoms with Crippen LogP contribution in [0.1, 0.15) is 51.8 Å². The molecule has 0 bridgehead atoms. The fourth-order valence-electron chi connectivity index (χ4n) is 2.37. The number of anilines is 1. The van der Waals surface area contributed by atoms with E-state index in [9.17, 15) is 9.59 Å². The van der Waals surface area contributed by atoms with E-state index in [0.717, 1.165) is 18.6 Å². The zero-order chi connectivity index (χ0) is 17.8. The van der Waals surface area contributed by atoms with E-state index in [-0.39, 0.29) is 11.6 Å². The summed E-state index contributed by atoms with van der Waals surface area (Å²) in [6.07, 6.45) is 2.84. The molecule has 1 saturated carbocycles. The molecule has 2 radical (unpaired) electrons. The van der Waals surface area contributed by atoms with Gasteiger partial charge in [0.15, 0.2) is 5.69 Å². The predicted octanol–water partition coefficient (Wildman–Crippen LogP) is 0.677. The molecule has 1 aromatic heterocycles. The maximum absolute atomic E-state index is 12.2. The Morgan fingerprint density at radius 1 is 1.28 bits per heavy atom. The van der Waals surface area contributed by atoms with Crippen LogP contribution in [0.3, 0.4) is 0 Å². The third-order valence-electron chi connectivity index (χ3n) is 3.97. The first-order chi connectivity index (χ1) is 12.1. The average Bonchev–Trinajstić information content (AvgIpc) is 3.33. The van der Waals surface area contributed by atoms with E-state index < -0.39 is 5.91 Å². The molecule has 2 aromatic rings. The zero-order valence-electron chi connectivity index (χ0n) is 13.7. The Morgan fingerprint density at radius 3 is 2.76 bits per heavy atom. The molecule has 3 rings (SSSR count). The van der Waals surface area contributed by atoms with Crippen molar-refractivity contribution in [3.63, 3.8) is 0 Å². The van der Waals surface area contributed by atoms with E-state index in [2.05, 4.69) is 15.8 Å². The minimum atomic E-state index is -0.400. The van der Waals surface area contributed by atoms with Crippen molar-refractivity contribution in [2.45, 2.75) is 25.2 Å². The molecule has 0 unspecified atom stereocenters. The smallest absolute Gasteiger partial charge is 0.277 e. The van der Waals surface area contributed by atoms with Gasteiger partial charge in [0.1, 0.15) is 13.6 Å². The van der Waals surface area contributed by atoms with Crippen molar-refractivity contribution in [1.29, 1.82) is 0 Å². The number of aromatic nitrogens is 1. The molecule has 1 aliphatic rings. The summed E-state index contributed by atoms with van der Waals surface area (Å²) in [6.45, 7) is 1.01. The van der Waals surface area contributed by atoms with Gasteiger partial charge in [-0.1, -0.05) is 16.7 Å². The lowest BCUT2D eigenvalue weighted by atomic mass is 9.91. The van der Waals surface area contributed by atoms with Crippen LogP contribution in [-0.2, 0) is 0 Å². The van der Waals surface area contributed by atoms with Crippen LogP contribution in [0.4, 0.5) is 5.69 Å². The van der Waals surface area contributed by atoms with Gasteiger partial charge in [-0.3, -0.25) is 9.59 Å². The first-order valence-corrected chi connectivity index (χ1v) is 8.24. The van der Waals surface area contributed by atoms with Crippen LogP contribution in [0.15, 0.2) is 28.8 Å². The van der Waals surface area contributed by atoms with Gasteiger partial charge in [0.2, 0.25) is 0 Å². The van der Waals surface area contributed by atoms with Crippen molar-refractivity contribution < 1.29 is 14.1 Å². The third kappa shape index (κ3) is 4.27. The maximum Gasteiger partial charge on any atom is 0.277 e. The summed E-state index contributed by atoms with van der Waals surface area (Å²) in [7, 11) is 5.95. The fraction of sp³-hybridized carbons (Fsp3) is 0.353. The molecule has 8 heteroatoms. The highest BCUT2D eigenvalue weighted by Gasteiger charge is 2.29. The van der Waals surface area contributed by atoms with Crippen LogP contribution in [-0.4, -0.2) is 37.9 Å². The number of carbonyl (C=O) groups is 2. The van der Waals surface area contributed by atoms with E-state index in [1.807, 2.05) is 0 Å². The second-order valence-corrected chi connectivity index (χ2v) is 6.04. The minimum Gasteiger partial charge on any atom is -0.360 e. The van der Waals surface area contributed by atoms with E-state index in [4.69, 9.17) is 18.1 Å². The maximum atomic E-state index is 12.2. The zero-order valence-corrected chi connectivity index (χ0v) is 13.7. The van der Waals surface area contributed by atoms with Crippen LogP contribution in [0.2, 0.25) is 0 Å². The van der Waals surface area contributed by atoms with Crippen molar-refractivity contribution >= 4 is 30.8 Å². The summed E-state index contributed by atoms with van der Waals surface area (Å²) in [4.78, 5) is 24.2. The molecule has 1 heterocycles. The summed E-state index contributed by atoms with van der Waals surface area (Å²) in [5.74, 6) is 0.491. The van der Waals surface area contributed by atoms with E-state index in [1.54, 1.807) is 18.2 Å². The Balaban J connectivity index is 1.63. The molecule has 2 amide bonds. The van der Waals surface area contributed by atoms with Crippen molar-refractivity contribution in [2.24, 2.45) is 5.73 Å². The summed E-state index contributed by atoms with van der Waals surface area (Å²) in [5.41, 5.74) is 6.74. The van der Waals surface area contributed by atoms with Gasteiger partial charge in [0.05, 0.1) is 0 Å². The molecule has 1 aliphatic carbocycles. The molecule has 4 N–H and O–H groups in total. The number of nitrogens with zero attached hydrogens (tertiary/aromatic N) is 1. The standard InChI is InChI=1S/C17H19BN4O3/c18-12-8-11(16(23)20-7-1-6-19)4-5-13(12)21-17(24)14-9-15(25-22-14)10-2-3-10/h4-5,8-10H,1-3,6-7,19H2,(H,20,23)(H,21,24). The number of hydrogen-bond acceptors (Lipinski definition) is 5. The van der Waals surface area contributed by atoms with Gasteiger partial charge < -0.3 is 20.9 Å². The number of rotatable bonds is 7. The number of benzene rings is 1. The second kappa shape index (κ2) is 7.52. The van der Waals surface area contributed by atoms with Crippen molar-refractivity contribution in [2.75, 3.05) is 18.4 Å². The van der Waals surface area contributed by atoms with Crippen LogP contribution >= 0.6 is 0 Å². The summed E-state index contributed by atoms with van der Waals surface area (Å²) < 4.78 is 5.17. The lowest BCUT2D eigenvalue weighted by molar-refractivity contribution is 0.0952. The van der Waals surface area contributed by atoms with Gasteiger partial charge in [-0.15, -0.1) is 0 Å². The molecule has 0 atom stereocenters. The Labute approximate surface area is 146 Å². The number of nitrogens with two attached hydrogens (primary N) is 1. The topological polar surface area (TPSA) is 110 Å². The molecule has 1 aromatic carbocycles. The summed E-state index contributed by atoms with van der Waals surface area (Å²) in [6, 6.07) is 6.36. The van der Waals surface area contributed by atoms with Gasteiger partial charge in [-0.25, -0.2) is 0 Å². The minimum absolute atomic E-state index is 0.213. The van der Waals surface area contributed by atoms with Crippen molar-refractivity contribution in [1.82, 2.24) is 10.5 Å². The largest absolute Gasteiger partial charge is 0.360 e. The molecule has 0 aliphatic heterocycles. The van der Waals surface area contributed by atoms with Gasteiger partial charge in [-0.2, -0.15) is 0 Å². The Morgan fingerprint density at radius 2 is 2.08 bits per heavy atom. The quantitative estimate of drug-likeness (QED) is 0.508. The third-order valence-corrected chi connectivity index (χ3v) is 3.97. The fourth-order valence-corrected chi connectivity index (χ4v) is 2.37. The first-order valence-electron chi connectivity index (χ1n) is 8.24. The Kier molecular flexibility index (Phi) is 5.18. The molecule has 1 fully saturated rings. The van der Waals surface area contributed by atoms with Crippen molar-refractivity contribution in [3.8, 4) is 0 Å². The molecule has 128 valence electrons. The second-order valence-electron chi connectivity index (χ2n) is 6.04. The van der Waals surface area contributed by atoms with Gasteiger partial charge in [0.25, 0.3) is 11.8 Å². The predicted molar refractivity (Wildman–Crippen MR) is 94.3 cm³/mol. The normalized spacial score (nSPS) is 13.5. The SMILES string of the molecule is [B]c1cc(C(=O)NCCCN)ccc1NC(=O)c1cc(C2CC2)on1. The van der Waals surface area contributed by atoms with E-state index in [1.165, 1.54) is 6.07 Å². The summed E-state index contributed by atoms with van der Waals surface area (Å²) >= 11 is 0. The number of amides is 2. The van der Waals surface area contributed by atoms with Crippen molar-refractivity contribution in [3.05, 3.63) is 41.3 Å². The van der Waals surface area contributed by atoms with Gasteiger partial charge in [0, 0.05) is 29.8 Å². The average molecular weight is 338 g/mol. The number of carbonyl (C=O) groups excluding carboxylic acids is 2. The van der Waals surface area contributed by atoms with E-state index in [0.29, 0.717) is 42.1 Å². The Bertz CT molecular complexity index is 786.